The third kappa shape index (κ3) is 3.70. The first-order chi connectivity index (χ1) is 9.43. The Kier molecular flexibility index (Phi) is 4.65. The van der Waals surface area contributed by atoms with Gasteiger partial charge in [0.1, 0.15) is 0 Å². The van der Waals surface area contributed by atoms with Crippen molar-refractivity contribution >= 4 is 11.8 Å². The fourth-order valence-electron chi connectivity index (χ4n) is 2.73. The molecule has 0 bridgehead atoms. The van der Waals surface area contributed by atoms with Gasteiger partial charge in [-0.05, 0) is 38.5 Å². The summed E-state index contributed by atoms with van der Waals surface area (Å²) in [7, 11) is 1.65. The molecule has 6 heteroatoms. The lowest BCUT2D eigenvalue weighted by molar-refractivity contribution is -0.128. The Morgan fingerprint density at radius 2 is 1.85 bits per heavy atom. The summed E-state index contributed by atoms with van der Waals surface area (Å²) in [6.45, 7) is 3.95. The Balaban J connectivity index is 1.74. The van der Waals surface area contributed by atoms with E-state index < -0.39 is 5.54 Å². The molecule has 1 aliphatic carbocycles. The van der Waals surface area contributed by atoms with E-state index in [9.17, 15) is 9.59 Å². The van der Waals surface area contributed by atoms with Gasteiger partial charge in [0.15, 0.2) is 0 Å². The maximum Gasteiger partial charge on any atom is 0.240 e. The summed E-state index contributed by atoms with van der Waals surface area (Å²) in [5, 5.41) is 5.71. The molecule has 6 nitrogen and oxygen atoms in total. The summed E-state index contributed by atoms with van der Waals surface area (Å²) >= 11 is 0. The molecule has 2 amide bonds. The fraction of sp³-hybridized carbons (Fsp3) is 0.857. The van der Waals surface area contributed by atoms with E-state index >= 15 is 0 Å². The van der Waals surface area contributed by atoms with Gasteiger partial charge in [0.25, 0.3) is 0 Å². The molecule has 0 aromatic heterocycles. The van der Waals surface area contributed by atoms with Gasteiger partial charge in [-0.15, -0.1) is 0 Å². The second-order valence-corrected chi connectivity index (χ2v) is 6.25. The van der Waals surface area contributed by atoms with Crippen molar-refractivity contribution < 1.29 is 9.59 Å². The number of likely N-dealkylation sites (N-methyl/N-ethyl adjacent to an activating group) is 1. The molecule has 4 N–H and O–H groups in total. The van der Waals surface area contributed by atoms with Crippen LogP contribution in [0.15, 0.2) is 0 Å². The molecule has 0 spiro atoms. The van der Waals surface area contributed by atoms with E-state index in [1.165, 1.54) is 0 Å². The van der Waals surface area contributed by atoms with Gasteiger partial charge < -0.3 is 16.4 Å². The first kappa shape index (κ1) is 15.3. The number of carbonyl (C=O) groups excluding carboxylic acids is 2. The van der Waals surface area contributed by atoms with Gasteiger partial charge in [-0.2, -0.15) is 0 Å². The monoisotopic (exact) mass is 282 g/mol. The third-order valence-corrected chi connectivity index (χ3v) is 4.48. The molecule has 2 rings (SSSR count). The number of nitrogens with two attached hydrogens (primary N) is 1. The van der Waals surface area contributed by atoms with Gasteiger partial charge in [0.05, 0.1) is 12.1 Å². The van der Waals surface area contributed by atoms with Gasteiger partial charge in [-0.1, -0.05) is 0 Å². The zero-order valence-electron chi connectivity index (χ0n) is 12.4. The maximum atomic E-state index is 12.2. The van der Waals surface area contributed by atoms with E-state index in [0.29, 0.717) is 12.5 Å². The van der Waals surface area contributed by atoms with Crippen molar-refractivity contribution in [2.75, 3.05) is 26.7 Å². The van der Waals surface area contributed by atoms with E-state index in [4.69, 9.17) is 5.73 Å². The lowest BCUT2D eigenvalue weighted by Gasteiger charge is -2.34. The normalized spacial score (nSPS) is 23.9. The van der Waals surface area contributed by atoms with Crippen molar-refractivity contribution in [2.24, 2.45) is 11.7 Å². The van der Waals surface area contributed by atoms with Gasteiger partial charge in [0.2, 0.25) is 11.8 Å². The number of nitrogens with one attached hydrogen (secondary N) is 2. The first-order valence-electron chi connectivity index (χ1n) is 7.46. The number of likely N-dealkylation sites (tertiary alicyclic amines) is 1. The van der Waals surface area contributed by atoms with Crippen molar-refractivity contribution in [1.82, 2.24) is 15.5 Å². The number of rotatable bonds is 5. The van der Waals surface area contributed by atoms with Crippen LogP contribution in [-0.2, 0) is 9.59 Å². The van der Waals surface area contributed by atoms with Crippen LogP contribution >= 0.6 is 0 Å². The van der Waals surface area contributed by atoms with E-state index in [0.717, 1.165) is 38.8 Å². The molecule has 0 radical (unpaired) electrons. The Morgan fingerprint density at radius 3 is 2.35 bits per heavy atom. The Hall–Kier alpha value is -1.14. The molecule has 1 saturated carbocycles. The lowest BCUT2D eigenvalue weighted by atomic mass is 9.94. The predicted molar refractivity (Wildman–Crippen MR) is 77.0 cm³/mol. The minimum Gasteiger partial charge on any atom is -0.358 e. The summed E-state index contributed by atoms with van der Waals surface area (Å²) in [6.07, 6.45) is 3.88. The summed E-state index contributed by atoms with van der Waals surface area (Å²) in [4.78, 5) is 25.6. The number of amides is 2. The summed E-state index contributed by atoms with van der Waals surface area (Å²) < 4.78 is 0. The van der Waals surface area contributed by atoms with Crippen molar-refractivity contribution in [2.45, 2.75) is 44.2 Å². The van der Waals surface area contributed by atoms with Crippen LogP contribution in [0, 0.1) is 5.92 Å². The van der Waals surface area contributed by atoms with E-state index in [2.05, 4.69) is 15.5 Å². The number of hydrogen-bond donors (Lipinski definition) is 3. The minimum absolute atomic E-state index is 0.0234. The van der Waals surface area contributed by atoms with E-state index in [1.54, 1.807) is 7.05 Å². The molecule has 0 aromatic rings. The molecule has 1 heterocycles. The van der Waals surface area contributed by atoms with Gasteiger partial charge >= 0.3 is 0 Å². The lowest BCUT2D eigenvalue weighted by Crippen LogP contribution is -2.57. The number of nitrogens with zero attached hydrogens (tertiary/aromatic N) is 1. The first-order valence-corrected chi connectivity index (χ1v) is 7.46. The standard InChI is InChI=1S/C14H26N4O2/c1-14(15,10-3-4-10)13(20)17-11-5-7-18(8-6-11)9-12(19)16-2/h10-11H,3-9,15H2,1-2H3,(H,16,19)(H,17,20). The molecule has 1 unspecified atom stereocenters. The number of piperidine rings is 1. The molecule has 0 aromatic carbocycles. The van der Waals surface area contributed by atoms with Crippen molar-refractivity contribution in [3.8, 4) is 0 Å². The van der Waals surface area contributed by atoms with Crippen LogP contribution in [0.25, 0.3) is 0 Å². The van der Waals surface area contributed by atoms with Crippen LogP contribution in [0.4, 0.5) is 0 Å². The molecule has 1 saturated heterocycles. The Bertz CT molecular complexity index is 371. The van der Waals surface area contributed by atoms with Crippen molar-refractivity contribution in [3.05, 3.63) is 0 Å². The van der Waals surface area contributed by atoms with E-state index in [1.807, 2.05) is 6.92 Å². The average Bonchev–Trinajstić information content (AvgIpc) is 3.25. The van der Waals surface area contributed by atoms with Crippen LogP contribution in [0.1, 0.15) is 32.6 Å². The molecule has 1 atom stereocenters. The van der Waals surface area contributed by atoms with Crippen LogP contribution < -0.4 is 16.4 Å². The van der Waals surface area contributed by atoms with Crippen molar-refractivity contribution in [3.63, 3.8) is 0 Å². The zero-order valence-corrected chi connectivity index (χ0v) is 12.4. The topological polar surface area (TPSA) is 87.5 Å². The zero-order chi connectivity index (χ0) is 14.8. The molecule has 2 fully saturated rings. The highest BCUT2D eigenvalue weighted by Crippen LogP contribution is 2.38. The van der Waals surface area contributed by atoms with Crippen LogP contribution in [0.5, 0.6) is 0 Å². The van der Waals surface area contributed by atoms with Gasteiger partial charge in [-0.25, -0.2) is 0 Å². The minimum atomic E-state index is -0.723. The summed E-state index contributed by atoms with van der Waals surface area (Å²) in [6, 6.07) is 0.185. The quantitative estimate of drug-likeness (QED) is 0.631. The molecule has 114 valence electrons. The van der Waals surface area contributed by atoms with Gasteiger partial charge in [0, 0.05) is 26.2 Å². The number of carbonyl (C=O) groups is 2. The van der Waals surface area contributed by atoms with Crippen LogP contribution in [0.2, 0.25) is 0 Å². The van der Waals surface area contributed by atoms with Crippen LogP contribution in [0.3, 0.4) is 0 Å². The molecule has 2 aliphatic rings. The summed E-state index contributed by atoms with van der Waals surface area (Å²) in [5.74, 6) is 0.358. The average molecular weight is 282 g/mol. The molecule has 20 heavy (non-hydrogen) atoms. The number of hydrogen-bond acceptors (Lipinski definition) is 4. The Morgan fingerprint density at radius 1 is 1.25 bits per heavy atom. The Labute approximate surface area is 120 Å². The smallest absolute Gasteiger partial charge is 0.240 e. The second-order valence-electron chi connectivity index (χ2n) is 6.25. The highest BCUT2D eigenvalue weighted by atomic mass is 16.2. The highest BCUT2D eigenvalue weighted by Gasteiger charge is 2.44. The van der Waals surface area contributed by atoms with Crippen molar-refractivity contribution in [1.29, 1.82) is 0 Å². The highest BCUT2D eigenvalue weighted by molar-refractivity contribution is 5.86. The predicted octanol–water partition coefficient (Wildman–Crippen LogP) is -0.560. The van der Waals surface area contributed by atoms with E-state index in [-0.39, 0.29) is 17.9 Å². The molecule has 1 aliphatic heterocycles. The summed E-state index contributed by atoms with van der Waals surface area (Å²) in [5.41, 5.74) is 5.40. The SMILES string of the molecule is CNC(=O)CN1CCC(NC(=O)C(C)(N)C2CC2)CC1. The third-order valence-electron chi connectivity index (χ3n) is 4.48. The largest absolute Gasteiger partial charge is 0.358 e. The molecular weight excluding hydrogens is 256 g/mol. The maximum absolute atomic E-state index is 12.2. The fourth-order valence-corrected chi connectivity index (χ4v) is 2.73. The second kappa shape index (κ2) is 6.10. The van der Waals surface area contributed by atoms with Gasteiger partial charge in [-0.3, -0.25) is 14.5 Å². The molecular formula is C14H26N4O2. The van der Waals surface area contributed by atoms with Crippen LogP contribution in [-0.4, -0.2) is 55.0 Å².